The van der Waals surface area contributed by atoms with Gasteiger partial charge in [-0.05, 0) is 19.4 Å². The summed E-state index contributed by atoms with van der Waals surface area (Å²) in [6.07, 6.45) is 4.24. The van der Waals surface area contributed by atoms with Crippen LogP contribution in [0.4, 0.5) is 0 Å². The SMILES string of the molecule is C[C@H](C(=O)N(C)[C@@H]1CCS(=O)(=O)C1)N1CC(n2cccn2)C1. The van der Waals surface area contributed by atoms with E-state index in [2.05, 4.69) is 10.00 Å². The van der Waals surface area contributed by atoms with Crippen LogP contribution in [0.25, 0.3) is 0 Å². The fraction of sp³-hybridized carbons (Fsp3) is 0.714. The fourth-order valence-electron chi connectivity index (χ4n) is 3.18. The first kappa shape index (κ1) is 15.5. The number of likely N-dealkylation sites (N-methyl/N-ethyl adjacent to an activating group) is 1. The summed E-state index contributed by atoms with van der Waals surface area (Å²) in [5.74, 6) is 0.285. The highest BCUT2D eigenvalue weighted by atomic mass is 32.2. The fourth-order valence-corrected chi connectivity index (χ4v) is 4.95. The van der Waals surface area contributed by atoms with Crippen LogP contribution in [0.15, 0.2) is 18.5 Å². The van der Waals surface area contributed by atoms with Crippen LogP contribution >= 0.6 is 0 Å². The minimum atomic E-state index is -2.97. The number of aromatic nitrogens is 2. The van der Waals surface area contributed by atoms with Crippen molar-refractivity contribution in [1.29, 1.82) is 0 Å². The number of hydrogen-bond acceptors (Lipinski definition) is 5. The first-order valence-electron chi connectivity index (χ1n) is 7.57. The number of amides is 1. The molecular formula is C14H22N4O3S. The van der Waals surface area contributed by atoms with E-state index in [1.807, 2.05) is 23.9 Å². The normalized spacial score (nSPS) is 26.5. The Bertz CT molecular complexity index is 637. The minimum absolute atomic E-state index is 0.000940. The van der Waals surface area contributed by atoms with Gasteiger partial charge in [-0.1, -0.05) is 0 Å². The van der Waals surface area contributed by atoms with Gasteiger partial charge in [-0.3, -0.25) is 14.4 Å². The first-order valence-corrected chi connectivity index (χ1v) is 9.40. The molecule has 1 aromatic heterocycles. The van der Waals surface area contributed by atoms with E-state index in [0.717, 1.165) is 13.1 Å². The van der Waals surface area contributed by atoms with Crippen molar-refractivity contribution in [2.75, 3.05) is 31.6 Å². The lowest BCUT2D eigenvalue weighted by Gasteiger charge is -2.43. The molecule has 0 spiro atoms. The van der Waals surface area contributed by atoms with Gasteiger partial charge in [0.25, 0.3) is 0 Å². The van der Waals surface area contributed by atoms with Crippen LogP contribution in [0.1, 0.15) is 19.4 Å². The summed E-state index contributed by atoms with van der Waals surface area (Å²) in [6, 6.07) is 1.82. The van der Waals surface area contributed by atoms with Crippen LogP contribution in [0.3, 0.4) is 0 Å². The Hall–Kier alpha value is -1.41. The number of likely N-dealkylation sites (tertiary alicyclic amines) is 1. The molecule has 8 heteroatoms. The molecular weight excluding hydrogens is 304 g/mol. The van der Waals surface area contributed by atoms with Crippen LogP contribution in [0.2, 0.25) is 0 Å². The maximum absolute atomic E-state index is 12.5. The summed E-state index contributed by atoms with van der Waals surface area (Å²) in [6.45, 7) is 3.48. The van der Waals surface area contributed by atoms with Crippen molar-refractivity contribution in [3.63, 3.8) is 0 Å². The molecule has 2 atom stereocenters. The highest BCUT2D eigenvalue weighted by Crippen LogP contribution is 2.24. The molecule has 0 radical (unpaired) electrons. The average molecular weight is 326 g/mol. The first-order chi connectivity index (χ1) is 10.4. The molecule has 22 heavy (non-hydrogen) atoms. The molecule has 0 bridgehead atoms. The average Bonchev–Trinajstić information content (AvgIpc) is 3.04. The zero-order valence-corrected chi connectivity index (χ0v) is 13.7. The lowest BCUT2D eigenvalue weighted by molar-refractivity contribution is -0.139. The summed E-state index contributed by atoms with van der Waals surface area (Å²) in [5.41, 5.74) is 0. The van der Waals surface area contributed by atoms with E-state index in [4.69, 9.17) is 0 Å². The second kappa shape index (κ2) is 5.66. The van der Waals surface area contributed by atoms with Crippen molar-refractivity contribution < 1.29 is 13.2 Å². The molecule has 0 unspecified atom stereocenters. The molecule has 0 N–H and O–H groups in total. The Morgan fingerprint density at radius 3 is 2.68 bits per heavy atom. The van der Waals surface area contributed by atoms with Crippen LogP contribution in [-0.2, 0) is 14.6 Å². The largest absolute Gasteiger partial charge is 0.340 e. The standard InChI is InChI=1S/C14H22N4O3S/c1-11(17-8-13(9-17)18-6-3-5-15-18)14(19)16(2)12-4-7-22(20,21)10-12/h3,5-6,11-13H,4,7-10H2,1-2H3/t11-,12-/m1/s1. The van der Waals surface area contributed by atoms with Crippen molar-refractivity contribution in [1.82, 2.24) is 19.6 Å². The Morgan fingerprint density at radius 2 is 2.14 bits per heavy atom. The topological polar surface area (TPSA) is 75.5 Å². The van der Waals surface area contributed by atoms with Gasteiger partial charge in [-0.25, -0.2) is 8.42 Å². The van der Waals surface area contributed by atoms with Crippen LogP contribution in [0, 0.1) is 0 Å². The van der Waals surface area contributed by atoms with E-state index in [-0.39, 0.29) is 29.5 Å². The van der Waals surface area contributed by atoms with Crippen molar-refractivity contribution in [3.05, 3.63) is 18.5 Å². The summed E-state index contributed by atoms with van der Waals surface area (Å²) in [5, 5.41) is 4.22. The number of sulfone groups is 1. The van der Waals surface area contributed by atoms with E-state index in [1.54, 1.807) is 18.1 Å². The third kappa shape index (κ3) is 2.89. The lowest BCUT2D eigenvalue weighted by Crippen LogP contribution is -2.57. The van der Waals surface area contributed by atoms with Gasteiger partial charge in [0, 0.05) is 38.6 Å². The van der Waals surface area contributed by atoms with E-state index in [0.29, 0.717) is 12.5 Å². The summed E-state index contributed by atoms with van der Waals surface area (Å²) in [7, 11) is -1.25. The Morgan fingerprint density at radius 1 is 1.41 bits per heavy atom. The maximum atomic E-state index is 12.5. The van der Waals surface area contributed by atoms with Crippen LogP contribution in [0.5, 0.6) is 0 Å². The molecule has 3 heterocycles. The van der Waals surface area contributed by atoms with E-state index in [1.165, 1.54) is 0 Å². The van der Waals surface area contributed by atoms with Crippen molar-refractivity contribution >= 4 is 15.7 Å². The second-order valence-corrected chi connectivity index (χ2v) is 8.50. The van der Waals surface area contributed by atoms with Crippen molar-refractivity contribution in [2.24, 2.45) is 0 Å². The third-order valence-electron chi connectivity index (χ3n) is 4.80. The second-order valence-electron chi connectivity index (χ2n) is 6.28. The zero-order valence-electron chi connectivity index (χ0n) is 12.9. The number of carbonyl (C=O) groups is 1. The minimum Gasteiger partial charge on any atom is -0.340 e. The number of hydrogen-bond donors (Lipinski definition) is 0. The molecule has 2 aliphatic rings. The monoisotopic (exact) mass is 326 g/mol. The molecule has 3 rings (SSSR count). The highest BCUT2D eigenvalue weighted by molar-refractivity contribution is 7.91. The predicted molar refractivity (Wildman–Crippen MR) is 82.1 cm³/mol. The quantitative estimate of drug-likeness (QED) is 0.764. The molecule has 0 aliphatic carbocycles. The van der Waals surface area contributed by atoms with Gasteiger partial charge in [0.1, 0.15) is 0 Å². The van der Waals surface area contributed by atoms with Crippen LogP contribution < -0.4 is 0 Å². The van der Waals surface area contributed by atoms with Gasteiger partial charge >= 0.3 is 0 Å². The van der Waals surface area contributed by atoms with Gasteiger partial charge in [-0.2, -0.15) is 5.10 Å². The molecule has 1 amide bonds. The van der Waals surface area contributed by atoms with Crippen LogP contribution in [-0.4, -0.2) is 77.6 Å². The molecule has 7 nitrogen and oxygen atoms in total. The van der Waals surface area contributed by atoms with E-state index in [9.17, 15) is 13.2 Å². The van der Waals surface area contributed by atoms with Gasteiger partial charge in [-0.15, -0.1) is 0 Å². The maximum Gasteiger partial charge on any atom is 0.239 e. The molecule has 0 aromatic carbocycles. The Kier molecular flexibility index (Phi) is 3.98. The third-order valence-corrected chi connectivity index (χ3v) is 6.55. The summed E-state index contributed by atoms with van der Waals surface area (Å²) < 4.78 is 25.0. The highest BCUT2D eigenvalue weighted by Gasteiger charge is 2.39. The van der Waals surface area contributed by atoms with Crippen molar-refractivity contribution in [3.8, 4) is 0 Å². The summed E-state index contributed by atoms with van der Waals surface area (Å²) in [4.78, 5) is 16.3. The van der Waals surface area contributed by atoms with Gasteiger partial charge in [0.05, 0.1) is 23.6 Å². The smallest absolute Gasteiger partial charge is 0.239 e. The molecule has 122 valence electrons. The summed E-state index contributed by atoms with van der Waals surface area (Å²) >= 11 is 0. The zero-order chi connectivity index (χ0) is 15.9. The Labute approximate surface area is 130 Å². The number of rotatable bonds is 4. The lowest BCUT2D eigenvalue weighted by atomic mass is 10.0. The van der Waals surface area contributed by atoms with Crippen molar-refractivity contribution in [2.45, 2.75) is 31.5 Å². The van der Waals surface area contributed by atoms with E-state index < -0.39 is 9.84 Å². The number of carbonyl (C=O) groups excluding carboxylic acids is 1. The molecule has 2 fully saturated rings. The molecule has 2 saturated heterocycles. The molecule has 2 aliphatic heterocycles. The van der Waals surface area contributed by atoms with Gasteiger partial charge in [0.2, 0.25) is 5.91 Å². The predicted octanol–water partition coefficient (Wildman–Crippen LogP) is -0.226. The molecule has 0 saturated carbocycles. The Balaban J connectivity index is 1.54. The molecule has 1 aromatic rings. The number of nitrogens with zero attached hydrogens (tertiary/aromatic N) is 4. The van der Waals surface area contributed by atoms with Gasteiger partial charge in [0.15, 0.2) is 9.84 Å². The van der Waals surface area contributed by atoms with Gasteiger partial charge < -0.3 is 4.90 Å². The van der Waals surface area contributed by atoms with E-state index >= 15 is 0 Å².